The Morgan fingerprint density at radius 2 is 2.13 bits per heavy atom. The Balaban J connectivity index is 2.09. The molecule has 1 aromatic heterocycles. The standard InChI is InChI=1S/C16H21N3O3S/c1-19(2)8-9-22-14-7-5-4-6-12(14)13-11-23-16(17-13)18-15(20)10-21-3/h4-7,11H,8-10H2,1-3H3,(H,17,18,20). The summed E-state index contributed by atoms with van der Waals surface area (Å²) in [6.07, 6.45) is 0. The molecular formula is C16H21N3O3S. The highest BCUT2D eigenvalue weighted by molar-refractivity contribution is 7.14. The number of methoxy groups -OCH3 is 1. The van der Waals surface area contributed by atoms with Gasteiger partial charge < -0.3 is 14.4 Å². The maximum absolute atomic E-state index is 11.5. The van der Waals surface area contributed by atoms with E-state index >= 15 is 0 Å². The lowest BCUT2D eigenvalue weighted by molar-refractivity contribution is -0.119. The van der Waals surface area contributed by atoms with Crippen LogP contribution in [-0.2, 0) is 9.53 Å². The summed E-state index contributed by atoms with van der Waals surface area (Å²) >= 11 is 1.37. The van der Waals surface area contributed by atoms with Gasteiger partial charge in [0.2, 0.25) is 0 Å². The van der Waals surface area contributed by atoms with Gasteiger partial charge in [0.15, 0.2) is 5.13 Å². The molecule has 1 aromatic carbocycles. The fourth-order valence-corrected chi connectivity index (χ4v) is 2.61. The maximum Gasteiger partial charge on any atom is 0.252 e. The van der Waals surface area contributed by atoms with Crippen molar-refractivity contribution in [2.24, 2.45) is 0 Å². The van der Waals surface area contributed by atoms with E-state index in [2.05, 4.69) is 15.2 Å². The lowest BCUT2D eigenvalue weighted by Gasteiger charge is -2.13. The fourth-order valence-electron chi connectivity index (χ4n) is 1.88. The molecule has 6 nitrogen and oxygen atoms in total. The topological polar surface area (TPSA) is 63.7 Å². The Bertz CT molecular complexity index is 643. The summed E-state index contributed by atoms with van der Waals surface area (Å²) < 4.78 is 10.6. The van der Waals surface area contributed by atoms with Crippen LogP contribution in [-0.4, -0.2) is 56.8 Å². The van der Waals surface area contributed by atoms with Crippen LogP contribution in [0, 0.1) is 0 Å². The Kier molecular flexibility index (Phi) is 6.52. The van der Waals surface area contributed by atoms with E-state index in [1.165, 1.54) is 18.4 Å². The van der Waals surface area contributed by atoms with Gasteiger partial charge in [0, 0.05) is 24.6 Å². The Hall–Kier alpha value is -1.96. The van der Waals surface area contributed by atoms with Crippen molar-refractivity contribution >= 4 is 22.4 Å². The summed E-state index contributed by atoms with van der Waals surface area (Å²) in [7, 11) is 5.49. The number of amides is 1. The lowest BCUT2D eigenvalue weighted by atomic mass is 10.1. The number of nitrogens with zero attached hydrogens (tertiary/aromatic N) is 2. The van der Waals surface area contributed by atoms with E-state index in [-0.39, 0.29) is 12.5 Å². The molecule has 0 radical (unpaired) electrons. The molecule has 2 rings (SSSR count). The van der Waals surface area contributed by atoms with Gasteiger partial charge in [0.25, 0.3) is 5.91 Å². The van der Waals surface area contributed by atoms with Crippen LogP contribution in [0.25, 0.3) is 11.3 Å². The Morgan fingerprint density at radius 3 is 2.87 bits per heavy atom. The minimum absolute atomic E-state index is 0.0130. The number of para-hydroxylation sites is 1. The quantitative estimate of drug-likeness (QED) is 0.802. The van der Waals surface area contributed by atoms with Gasteiger partial charge in [-0.2, -0.15) is 0 Å². The zero-order valence-electron chi connectivity index (χ0n) is 13.5. The summed E-state index contributed by atoms with van der Waals surface area (Å²) in [5.74, 6) is 0.568. The van der Waals surface area contributed by atoms with E-state index in [1.807, 2.05) is 43.7 Å². The SMILES string of the molecule is COCC(=O)Nc1nc(-c2ccccc2OCCN(C)C)cs1. The van der Waals surface area contributed by atoms with Gasteiger partial charge in [0.05, 0.1) is 5.69 Å². The van der Waals surface area contributed by atoms with Crippen molar-refractivity contribution < 1.29 is 14.3 Å². The van der Waals surface area contributed by atoms with Crippen molar-refractivity contribution in [3.63, 3.8) is 0 Å². The van der Waals surface area contributed by atoms with Crippen molar-refractivity contribution in [3.8, 4) is 17.0 Å². The zero-order chi connectivity index (χ0) is 16.7. The van der Waals surface area contributed by atoms with E-state index in [0.29, 0.717) is 11.7 Å². The van der Waals surface area contributed by atoms with Gasteiger partial charge in [-0.3, -0.25) is 10.1 Å². The van der Waals surface area contributed by atoms with E-state index in [1.54, 1.807) is 0 Å². The monoisotopic (exact) mass is 335 g/mol. The smallest absolute Gasteiger partial charge is 0.252 e. The first-order valence-electron chi connectivity index (χ1n) is 7.21. The number of rotatable bonds is 8. The van der Waals surface area contributed by atoms with Crippen LogP contribution in [0.1, 0.15) is 0 Å². The van der Waals surface area contributed by atoms with Crippen LogP contribution < -0.4 is 10.1 Å². The number of anilines is 1. The highest BCUT2D eigenvalue weighted by Gasteiger charge is 2.11. The van der Waals surface area contributed by atoms with Gasteiger partial charge in [-0.15, -0.1) is 11.3 Å². The highest BCUT2D eigenvalue weighted by Crippen LogP contribution is 2.32. The molecule has 2 aromatic rings. The first-order valence-corrected chi connectivity index (χ1v) is 8.09. The third-order valence-electron chi connectivity index (χ3n) is 2.99. The number of likely N-dealkylation sites (N-methyl/N-ethyl adjacent to an activating group) is 1. The van der Waals surface area contributed by atoms with Crippen molar-refractivity contribution in [1.29, 1.82) is 0 Å². The van der Waals surface area contributed by atoms with E-state index in [9.17, 15) is 4.79 Å². The van der Waals surface area contributed by atoms with E-state index in [0.717, 1.165) is 23.6 Å². The molecule has 1 heterocycles. The maximum atomic E-state index is 11.5. The van der Waals surface area contributed by atoms with Crippen LogP contribution in [0.15, 0.2) is 29.6 Å². The minimum atomic E-state index is -0.219. The minimum Gasteiger partial charge on any atom is -0.492 e. The van der Waals surface area contributed by atoms with Crippen molar-refractivity contribution in [3.05, 3.63) is 29.6 Å². The largest absolute Gasteiger partial charge is 0.492 e. The number of hydrogen-bond donors (Lipinski definition) is 1. The molecule has 0 saturated heterocycles. The van der Waals surface area contributed by atoms with Crippen LogP contribution in [0.3, 0.4) is 0 Å². The summed E-state index contributed by atoms with van der Waals surface area (Å²) in [4.78, 5) is 18.0. The molecule has 7 heteroatoms. The number of aromatic nitrogens is 1. The van der Waals surface area contributed by atoms with E-state index in [4.69, 9.17) is 9.47 Å². The molecule has 0 aliphatic rings. The zero-order valence-corrected chi connectivity index (χ0v) is 14.4. The molecule has 0 unspecified atom stereocenters. The second kappa shape index (κ2) is 8.61. The van der Waals surface area contributed by atoms with Crippen LogP contribution in [0.4, 0.5) is 5.13 Å². The third kappa shape index (κ3) is 5.31. The number of ether oxygens (including phenoxy) is 2. The van der Waals surface area contributed by atoms with Crippen molar-refractivity contribution in [1.82, 2.24) is 9.88 Å². The first-order chi connectivity index (χ1) is 11.1. The van der Waals surface area contributed by atoms with Crippen LogP contribution in [0.2, 0.25) is 0 Å². The average molecular weight is 335 g/mol. The number of carbonyl (C=O) groups excluding carboxylic acids is 1. The van der Waals surface area contributed by atoms with Crippen molar-refractivity contribution in [2.45, 2.75) is 0 Å². The molecule has 0 bridgehead atoms. The van der Waals surface area contributed by atoms with Gasteiger partial charge in [-0.1, -0.05) is 12.1 Å². The second-order valence-corrected chi connectivity index (χ2v) is 6.03. The molecule has 0 fully saturated rings. The molecule has 0 aliphatic carbocycles. The van der Waals surface area contributed by atoms with Gasteiger partial charge in [-0.05, 0) is 26.2 Å². The first kappa shape index (κ1) is 17.4. The predicted molar refractivity (Wildman–Crippen MR) is 92.1 cm³/mol. The van der Waals surface area contributed by atoms with Crippen LogP contribution in [0.5, 0.6) is 5.75 Å². The second-order valence-electron chi connectivity index (χ2n) is 5.17. The summed E-state index contributed by atoms with van der Waals surface area (Å²) in [5.41, 5.74) is 1.69. The molecular weight excluding hydrogens is 314 g/mol. The molecule has 23 heavy (non-hydrogen) atoms. The molecule has 0 saturated carbocycles. The third-order valence-corrected chi connectivity index (χ3v) is 3.74. The number of thiazole rings is 1. The van der Waals surface area contributed by atoms with Gasteiger partial charge >= 0.3 is 0 Å². The molecule has 124 valence electrons. The Morgan fingerprint density at radius 1 is 1.35 bits per heavy atom. The van der Waals surface area contributed by atoms with Crippen molar-refractivity contribution in [2.75, 3.05) is 46.3 Å². The van der Waals surface area contributed by atoms with E-state index < -0.39 is 0 Å². The lowest BCUT2D eigenvalue weighted by Crippen LogP contribution is -2.19. The molecule has 1 N–H and O–H groups in total. The van der Waals surface area contributed by atoms with Gasteiger partial charge in [0.1, 0.15) is 19.0 Å². The summed E-state index contributed by atoms with van der Waals surface area (Å²) in [5, 5.41) is 5.15. The fraction of sp³-hybridized carbons (Fsp3) is 0.375. The number of nitrogens with one attached hydrogen (secondary N) is 1. The normalized spacial score (nSPS) is 10.8. The average Bonchev–Trinajstić information content (AvgIpc) is 2.96. The number of hydrogen-bond acceptors (Lipinski definition) is 6. The number of carbonyl (C=O) groups is 1. The molecule has 0 spiro atoms. The Labute approximate surface area is 140 Å². The van der Waals surface area contributed by atoms with Crippen LogP contribution >= 0.6 is 11.3 Å². The molecule has 0 atom stereocenters. The van der Waals surface area contributed by atoms with Gasteiger partial charge in [-0.25, -0.2) is 4.98 Å². The highest BCUT2D eigenvalue weighted by atomic mass is 32.1. The summed E-state index contributed by atoms with van der Waals surface area (Å²) in [6, 6.07) is 7.76. The summed E-state index contributed by atoms with van der Waals surface area (Å²) in [6.45, 7) is 1.45. The molecule has 0 aliphatic heterocycles. The predicted octanol–water partition coefficient (Wildman–Crippen LogP) is 2.34. The molecule has 1 amide bonds. The number of benzene rings is 1.